The van der Waals surface area contributed by atoms with E-state index in [4.69, 9.17) is 0 Å². The van der Waals surface area contributed by atoms with Crippen molar-refractivity contribution < 1.29 is 0 Å². The largest absolute Gasteiger partial charge is 0.357 e. The lowest BCUT2D eigenvalue weighted by molar-refractivity contribution is 0.464. The first-order chi connectivity index (χ1) is 8.69. The van der Waals surface area contributed by atoms with Crippen molar-refractivity contribution in [2.45, 2.75) is 33.2 Å². The summed E-state index contributed by atoms with van der Waals surface area (Å²) in [5, 5.41) is 11.2. The zero-order valence-corrected chi connectivity index (χ0v) is 14.6. The van der Waals surface area contributed by atoms with Crippen LogP contribution in [0.15, 0.2) is 11.3 Å². The van der Waals surface area contributed by atoms with Crippen LogP contribution in [0.5, 0.6) is 0 Å². The SMILES string of the molecule is CCCCN(C)C(=NCc1nncn1C)NCC.I. The van der Waals surface area contributed by atoms with Gasteiger partial charge in [0.05, 0.1) is 0 Å². The Kier molecular flexibility index (Phi) is 9.54. The van der Waals surface area contributed by atoms with Crippen LogP contribution in [0.1, 0.15) is 32.5 Å². The molecule has 0 aliphatic heterocycles. The van der Waals surface area contributed by atoms with Gasteiger partial charge < -0.3 is 14.8 Å². The van der Waals surface area contributed by atoms with Crippen LogP contribution in [0.25, 0.3) is 0 Å². The van der Waals surface area contributed by atoms with Crippen molar-refractivity contribution in [2.75, 3.05) is 20.1 Å². The van der Waals surface area contributed by atoms with Crippen molar-refractivity contribution in [1.29, 1.82) is 0 Å². The van der Waals surface area contributed by atoms with E-state index in [0.717, 1.165) is 24.9 Å². The second-order valence-electron chi connectivity index (χ2n) is 4.30. The van der Waals surface area contributed by atoms with Crippen LogP contribution >= 0.6 is 24.0 Å². The highest BCUT2D eigenvalue weighted by Crippen LogP contribution is 1.97. The van der Waals surface area contributed by atoms with Gasteiger partial charge in [0.1, 0.15) is 12.9 Å². The molecule has 0 aromatic carbocycles. The van der Waals surface area contributed by atoms with Crippen LogP contribution in [0, 0.1) is 0 Å². The normalized spacial score (nSPS) is 11.1. The number of rotatable bonds is 6. The van der Waals surface area contributed by atoms with Gasteiger partial charge in [0.15, 0.2) is 11.8 Å². The van der Waals surface area contributed by atoms with E-state index in [1.165, 1.54) is 12.8 Å². The predicted molar refractivity (Wildman–Crippen MR) is 88.8 cm³/mol. The molecule has 1 aromatic heterocycles. The highest BCUT2D eigenvalue weighted by atomic mass is 127. The lowest BCUT2D eigenvalue weighted by Gasteiger charge is -2.21. The summed E-state index contributed by atoms with van der Waals surface area (Å²) in [6.45, 7) is 6.70. The molecule has 0 amide bonds. The molecule has 0 radical (unpaired) electrons. The van der Waals surface area contributed by atoms with Crippen molar-refractivity contribution in [1.82, 2.24) is 25.0 Å². The van der Waals surface area contributed by atoms with Crippen molar-refractivity contribution in [3.63, 3.8) is 0 Å². The third-order valence-corrected chi connectivity index (χ3v) is 2.72. The number of nitrogens with zero attached hydrogens (tertiary/aromatic N) is 5. The molecule has 110 valence electrons. The van der Waals surface area contributed by atoms with E-state index in [1.807, 2.05) is 11.6 Å². The molecule has 1 rings (SSSR count). The highest BCUT2D eigenvalue weighted by molar-refractivity contribution is 14.0. The zero-order chi connectivity index (χ0) is 13.4. The number of nitrogens with one attached hydrogen (secondary N) is 1. The zero-order valence-electron chi connectivity index (χ0n) is 12.3. The fourth-order valence-electron chi connectivity index (χ4n) is 1.57. The number of unbranched alkanes of at least 4 members (excludes halogenated alkanes) is 1. The van der Waals surface area contributed by atoms with Crippen LogP contribution < -0.4 is 5.32 Å². The molecule has 0 aliphatic rings. The molecule has 6 nitrogen and oxygen atoms in total. The van der Waals surface area contributed by atoms with E-state index in [0.29, 0.717) is 6.54 Å². The summed E-state index contributed by atoms with van der Waals surface area (Å²) >= 11 is 0. The minimum absolute atomic E-state index is 0. The van der Waals surface area contributed by atoms with Crippen molar-refractivity contribution in [3.8, 4) is 0 Å². The molecule has 0 atom stereocenters. The highest BCUT2D eigenvalue weighted by Gasteiger charge is 2.06. The fraction of sp³-hybridized carbons (Fsp3) is 0.750. The maximum absolute atomic E-state index is 4.58. The Balaban J connectivity index is 0.00000324. The Morgan fingerprint density at radius 2 is 2.21 bits per heavy atom. The second kappa shape index (κ2) is 9.99. The topological polar surface area (TPSA) is 58.3 Å². The number of hydrogen-bond acceptors (Lipinski definition) is 3. The van der Waals surface area contributed by atoms with E-state index in [-0.39, 0.29) is 24.0 Å². The first kappa shape index (κ1) is 18.1. The number of aryl methyl sites for hydroxylation is 1. The molecular formula is C12H25IN6. The molecule has 1 aromatic rings. The van der Waals surface area contributed by atoms with Crippen LogP contribution in [-0.4, -0.2) is 45.8 Å². The quantitative estimate of drug-likeness (QED) is 0.463. The Bertz CT molecular complexity index is 376. The molecule has 1 N–H and O–H groups in total. The van der Waals surface area contributed by atoms with Gasteiger partial charge in [0, 0.05) is 27.2 Å². The average Bonchev–Trinajstić information content (AvgIpc) is 2.77. The molecule has 0 unspecified atom stereocenters. The summed E-state index contributed by atoms with van der Waals surface area (Å²) in [5.41, 5.74) is 0. The average molecular weight is 380 g/mol. The predicted octanol–water partition coefficient (Wildman–Crippen LogP) is 1.63. The first-order valence-corrected chi connectivity index (χ1v) is 6.51. The molecule has 7 heteroatoms. The van der Waals surface area contributed by atoms with Gasteiger partial charge in [-0.05, 0) is 13.3 Å². The Labute approximate surface area is 132 Å². The number of aliphatic imine (C=N–C) groups is 1. The van der Waals surface area contributed by atoms with Gasteiger partial charge >= 0.3 is 0 Å². The standard InChI is InChI=1S/C12H24N6.HI/c1-5-7-8-17(3)12(13-6-2)14-9-11-16-15-10-18(11)4;/h10H,5-9H2,1-4H3,(H,13,14);1H. The molecule has 1 heterocycles. The van der Waals surface area contributed by atoms with Gasteiger partial charge in [-0.3, -0.25) is 0 Å². The van der Waals surface area contributed by atoms with Crippen LogP contribution in [-0.2, 0) is 13.6 Å². The van der Waals surface area contributed by atoms with Crippen LogP contribution in [0.4, 0.5) is 0 Å². The van der Waals surface area contributed by atoms with E-state index in [1.54, 1.807) is 6.33 Å². The smallest absolute Gasteiger partial charge is 0.194 e. The third kappa shape index (κ3) is 6.22. The van der Waals surface area contributed by atoms with Crippen molar-refractivity contribution >= 4 is 29.9 Å². The van der Waals surface area contributed by atoms with E-state index in [2.05, 4.69) is 46.3 Å². The van der Waals surface area contributed by atoms with Crippen LogP contribution in [0.2, 0.25) is 0 Å². The number of aromatic nitrogens is 3. The summed E-state index contributed by atoms with van der Waals surface area (Å²) in [4.78, 5) is 6.73. The minimum atomic E-state index is 0. The Hall–Kier alpha value is -0.860. The maximum atomic E-state index is 4.58. The van der Waals surface area contributed by atoms with Crippen molar-refractivity contribution in [3.05, 3.63) is 12.2 Å². The van der Waals surface area contributed by atoms with Crippen LogP contribution in [0.3, 0.4) is 0 Å². The Morgan fingerprint density at radius 1 is 1.47 bits per heavy atom. The third-order valence-electron chi connectivity index (χ3n) is 2.72. The molecular weight excluding hydrogens is 355 g/mol. The van der Waals surface area contributed by atoms with Gasteiger partial charge in [-0.1, -0.05) is 13.3 Å². The summed E-state index contributed by atoms with van der Waals surface area (Å²) in [6, 6.07) is 0. The molecule has 0 spiro atoms. The lowest BCUT2D eigenvalue weighted by atomic mass is 10.3. The molecule has 19 heavy (non-hydrogen) atoms. The van der Waals surface area contributed by atoms with Gasteiger partial charge in [0.25, 0.3) is 0 Å². The van der Waals surface area contributed by atoms with Gasteiger partial charge in [-0.15, -0.1) is 34.2 Å². The van der Waals surface area contributed by atoms with Crippen molar-refractivity contribution in [2.24, 2.45) is 12.0 Å². The van der Waals surface area contributed by atoms with Gasteiger partial charge in [0.2, 0.25) is 0 Å². The van der Waals surface area contributed by atoms with E-state index in [9.17, 15) is 0 Å². The van der Waals surface area contributed by atoms with E-state index < -0.39 is 0 Å². The minimum Gasteiger partial charge on any atom is -0.357 e. The first-order valence-electron chi connectivity index (χ1n) is 6.51. The van der Waals surface area contributed by atoms with E-state index >= 15 is 0 Å². The molecule has 0 aliphatic carbocycles. The molecule has 0 fully saturated rings. The maximum Gasteiger partial charge on any atom is 0.194 e. The Morgan fingerprint density at radius 3 is 2.74 bits per heavy atom. The number of halogens is 1. The molecule has 0 saturated carbocycles. The second-order valence-corrected chi connectivity index (χ2v) is 4.30. The summed E-state index contributed by atoms with van der Waals surface area (Å²) in [6.07, 6.45) is 4.05. The summed E-state index contributed by atoms with van der Waals surface area (Å²) in [5.74, 6) is 1.79. The molecule has 0 saturated heterocycles. The number of guanidine groups is 1. The number of hydrogen-bond donors (Lipinski definition) is 1. The fourth-order valence-corrected chi connectivity index (χ4v) is 1.57. The van der Waals surface area contributed by atoms with Gasteiger partial charge in [-0.2, -0.15) is 0 Å². The lowest BCUT2D eigenvalue weighted by Crippen LogP contribution is -2.39. The summed E-state index contributed by atoms with van der Waals surface area (Å²) in [7, 11) is 3.99. The monoisotopic (exact) mass is 380 g/mol. The van der Waals surface area contributed by atoms with Gasteiger partial charge in [-0.25, -0.2) is 4.99 Å². The summed E-state index contributed by atoms with van der Waals surface area (Å²) < 4.78 is 1.89. The molecule has 0 bridgehead atoms.